The summed E-state index contributed by atoms with van der Waals surface area (Å²) in [5.41, 5.74) is 5.71. The molecule has 0 saturated carbocycles. The van der Waals surface area contributed by atoms with Gasteiger partial charge >= 0.3 is 0 Å². The molecular weight excluding hydrogens is 334 g/mol. The number of aromatic amines is 1. The Hall–Kier alpha value is -2.12. The molecular formula is C14H16BrN5O. The van der Waals surface area contributed by atoms with E-state index in [4.69, 9.17) is 11.7 Å². The molecule has 0 aliphatic rings. The maximum absolute atomic E-state index is 12.7. The van der Waals surface area contributed by atoms with Crippen molar-refractivity contribution in [3.8, 4) is 0 Å². The second-order valence-corrected chi connectivity index (χ2v) is 5.50. The van der Waals surface area contributed by atoms with Gasteiger partial charge in [0.15, 0.2) is 11.6 Å². The molecule has 0 saturated heterocycles. The molecule has 1 heterocycles. The smallest absolute Gasteiger partial charge is 0.195 e. The maximum Gasteiger partial charge on any atom is 0.195 e. The molecule has 0 fully saturated rings. The number of nitrogens with one attached hydrogen (secondary N) is 2. The van der Waals surface area contributed by atoms with E-state index in [9.17, 15) is 4.79 Å². The van der Waals surface area contributed by atoms with E-state index in [1.54, 1.807) is 12.1 Å². The number of aryl methyl sites for hydroxylation is 1. The van der Waals surface area contributed by atoms with Gasteiger partial charge in [0.2, 0.25) is 0 Å². The molecule has 0 unspecified atom stereocenters. The van der Waals surface area contributed by atoms with Gasteiger partial charge in [-0.2, -0.15) is 5.10 Å². The van der Waals surface area contributed by atoms with Crippen molar-refractivity contribution in [2.75, 3.05) is 0 Å². The summed E-state index contributed by atoms with van der Waals surface area (Å²) in [5, 5.41) is 3.57. The van der Waals surface area contributed by atoms with Crippen LogP contribution in [0.1, 0.15) is 32.9 Å². The Kier molecular flexibility index (Phi) is 4.44. The summed E-state index contributed by atoms with van der Waals surface area (Å²) in [4.78, 5) is 15.8. The summed E-state index contributed by atoms with van der Waals surface area (Å²) in [6, 6.07) is 7.26. The quantitative estimate of drug-likeness (QED) is 0.222. The normalized spacial score (nSPS) is 11.5. The Labute approximate surface area is 130 Å². The maximum atomic E-state index is 12.7. The molecule has 0 bridgehead atoms. The first-order valence-electron chi connectivity index (χ1n) is 6.23. The highest BCUT2D eigenvalue weighted by atomic mass is 79.9. The number of benzene rings is 1. The number of amidine groups is 1. The van der Waals surface area contributed by atoms with Crippen LogP contribution >= 0.6 is 15.9 Å². The average molecular weight is 350 g/mol. The number of H-pyrrole nitrogens is 1. The van der Waals surface area contributed by atoms with Crippen LogP contribution in [0.2, 0.25) is 0 Å². The van der Waals surface area contributed by atoms with Crippen LogP contribution in [-0.4, -0.2) is 16.6 Å². The molecule has 21 heavy (non-hydrogen) atoms. The van der Waals surface area contributed by atoms with Gasteiger partial charge in [0.1, 0.15) is 0 Å². The lowest BCUT2D eigenvalue weighted by molar-refractivity contribution is 0.103. The van der Waals surface area contributed by atoms with Crippen LogP contribution < -0.4 is 17.1 Å². The lowest BCUT2D eigenvalue weighted by Gasteiger charge is -2.05. The summed E-state index contributed by atoms with van der Waals surface area (Å²) in [6.07, 6.45) is 0. The summed E-state index contributed by atoms with van der Waals surface area (Å²) in [7, 11) is 0. The number of ketones is 1. The van der Waals surface area contributed by atoms with Crippen LogP contribution in [0.5, 0.6) is 0 Å². The molecule has 0 amide bonds. The fourth-order valence-corrected chi connectivity index (χ4v) is 2.67. The van der Waals surface area contributed by atoms with Gasteiger partial charge in [-0.15, -0.1) is 0 Å². The molecule has 6 N–H and O–H groups in total. The second-order valence-electron chi connectivity index (χ2n) is 4.59. The number of hydrazine groups is 1. The van der Waals surface area contributed by atoms with Gasteiger partial charge in [0, 0.05) is 21.3 Å². The number of carbonyl (C=O) groups excluding carboxylic acids is 1. The highest BCUT2D eigenvalue weighted by molar-refractivity contribution is 9.10. The zero-order valence-corrected chi connectivity index (χ0v) is 13.3. The van der Waals surface area contributed by atoms with Gasteiger partial charge < -0.3 is 16.3 Å². The third-order valence-corrected chi connectivity index (χ3v) is 3.75. The summed E-state index contributed by atoms with van der Waals surface area (Å²) in [5.74, 6) is 10.9. The first-order chi connectivity index (χ1) is 9.99. The number of halogens is 1. The molecule has 6 nitrogen and oxygen atoms in total. The number of hydrazone groups is 1. The minimum Gasteiger partial charge on any atom is -0.355 e. The summed E-state index contributed by atoms with van der Waals surface area (Å²) in [6.45, 7) is 3.65. The molecule has 1 aromatic heterocycles. The molecule has 0 spiro atoms. The van der Waals surface area contributed by atoms with E-state index in [-0.39, 0.29) is 5.78 Å². The average Bonchev–Trinajstić information content (AvgIpc) is 2.75. The first kappa shape index (κ1) is 15.3. The van der Waals surface area contributed by atoms with E-state index in [2.05, 4.69) is 31.4 Å². The van der Waals surface area contributed by atoms with E-state index in [0.717, 1.165) is 15.7 Å². The van der Waals surface area contributed by atoms with E-state index in [0.29, 0.717) is 22.7 Å². The van der Waals surface area contributed by atoms with Crippen molar-refractivity contribution in [3.63, 3.8) is 0 Å². The Morgan fingerprint density at radius 1 is 1.38 bits per heavy atom. The number of hydrogen-bond acceptors (Lipinski definition) is 4. The number of nitrogens with zero attached hydrogens (tertiary/aromatic N) is 1. The highest BCUT2D eigenvalue weighted by Crippen LogP contribution is 2.23. The number of carbonyl (C=O) groups is 1. The van der Waals surface area contributed by atoms with Crippen molar-refractivity contribution in [1.82, 2.24) is 10.4 Å². The zero-order valence-electron chi connectivity index (χ0n) is 11.7. The van der Waals surface area contributed by atoms with Crippen LogP contribution in [0.25, 0.3) is 0 Å². The van der Waals surface area contributed by atoms with E-state index >= 15 is 0 Å². The number of aromatic nitrogens is 1. The fourth-order valence-electron chi connectivity index (χ4n) is 2.28. The van der Waals surface area contributed by atoms with Gasteiger partial charge in [-0.1, -0.05) is 28.1 Å². The molecule has 1 aromatic carbocycles. The standard InChI is InChI=1S/C14H16BrN5O/c1-7-11(8(2)18-12(7)14(19-16)20-17)13(21)9-4-3-5-10(15)6-9/h3-6,18H,16-17H2,1-2H3,(H,19,20). The van der Waals surface area contributed by atoms with Crippen molar-refractivity contribution in [2.45, 2.75) is 13.8 Å². The SMILES string of the molecule is Cc1[nH]c(/C(=N/N)NN)c(C)c1C(=O)c1cccc(Br)c1. The Bertz CT molecular complexity index is 720. The zero-order chi connectivity index (χ0) is 15.6. The minimum absolute atomic E-state index is 0.0674. The molecule has 2 aromatic rings. The first-order valence-corrected chi connectivity index (χ1v) is 7.03. The molecule has 7 heteroatoms. The molecule has 110 valence electrons. The van der Waals surface area contributed by atoms with Crippen molar-refractivity contribution in [3.05, 3.63) is 56.8 Å². The van der Waals surface area contributed by atoms with Crippen molar-refractivity contribution >= 4 is 27.5 Å². The monoisotopic (exact) mass is 349 g/mol. The fraction of sp³-hybridized carbons (Fsp3) is 0.143. The third-order valence-electron chi connectivity index (χ3n) is 3.25. The number of hydrogen-bond donors (Lipinski definition) is 4. The van der Waals surface area contributed by atoms with Gasteiger partial charge in [-0.05, 0) is 31.5 Å². The van der Waals surface area contributed by atoms with Crippen LogP contribution in [0.15, 0.2) is 33.8 Å². The Morgan fingerprint density at radius 3 is 2.67 bits per heavy atom. The largest absolute Gasteiger partial charge is 0.355 e. The number of nitrogens with two attached hydrogens (primary N) is 2. The van der Waals surface area contributed by atoms with Crippen LogP contribution in [0.4, 0.5) is 0 Å². The Balaban J connectivity index is 2.53. The van der Waals surface area contributed by atoms with E-state index in [1.165, 1.54) is 0 Å². The predicted octanol–water partition coefficient (Wildman–Crippen LogP) is 1.71. The van der Waals surface area contributed by atoms with Crippen LogP contribution in [-0.2, 0) is 0 Å². The molecule has 0 aliphatic heterocycles. The molecule has 2 rings (SSSR count). The van der Waals surface area contributed by atoms with Gasteiger partial charge in [-0.3, -0.25) is 4.79 Å². The lowest BCUT2D eigenvalue weighted by Crippen LogP contribution is -2.32. The van der Waals surface area contributed by atoms with Crippen molar-refractivity contribution < 1.29 is 4.79 Å². The van der Waals surface area contributed by atoms with Crippen molar-refractivity contribution in [2.24, 2.45) is 16.8 Å². The van der Waals surface area contributed by atoms with E-state index < -0.39 is 0 Å². The Morgan fingerprint density at radius 2 is 2.10 bits per heavy atom. The number of rotatable bonds is 3. The van der Waals surface area contributed by atoms with Gasteiger partial charge in [0.05, 0.1) is 5.69 Å². The van der Waals surface area contributed by atoms with Crippen LogP contribution in [0.3, 0.4) is 0 Å². The van der Waals surface area contributed by atoms with Crippen LogP contribution in [0, 0.1) is 13.8 Å². The highest BCUT2D eigenvalue weighted by Gasteiger charge is 2.21. The minimum atomic E-state index is -0.0674. The summed E-state index contributed by atoms with van der Waals surface area (Å²) < 4.78 is 0.854. The van der Waals surface area contributed by atoms with Gasteiger partial charge in [-0.25, -0.2) is 5.84 Å². The molecule has 0 atom stereocenters. The molecule has 0 radical (unpaired) electrons. The van der Waals surface area contributed by atoms with Gasteiger partial charge in [0.25, 0.3) is 0 Å². The molecule has 0 aliphatic carbocycles. The third kappa shape index (κ3) is 2.84. The summed E-state index contributed by atoms with van der Waals surface area (Å²) >= 11 is 3.37. The lowest BCUT2D eigenvalue weighted by atomic mass is 9.99. The van der Waals surface area contributed by atoms with Crippen molar-refractivity contribution in [1.29, 1.82) is 0 Å². The topological polar surface area (TPSA) is 109 Å². The second kappa shape index (κ2) is 6.11. The van der Waals surface area contributed by atoms with E-state index in [1.807, 2.05) is 26.0 Å². The predicted molar refractivity (Wildman–Crippen MR) is 85.9 cm³/mol.